The third-order valence-corrected chi connectivity index (χ3v) is 3.40. The van der Waals surface area contributed by atoms with Gasteiger partial charge in [-0.15, -0.1) is 0 Å². The number of imidazole rings is 1. The third kappa shape index (κ3) is 1.64. The lowest BCUT2D eigenvalue weighted by atomic mass is 9.99. The molecule has 2 N–H and O–H groups in total. The second kappa shape index (κ2) is 3.66. The van der Waals surface area contributed by atoms with Gasteiger partial charge in [0.2, 0.25) is 0 Å². The largest absolute Gasteiger partial charge is 0.332 e. The van der Waals surface area contributed by atoms with Gasteiger partial charge in [-0.3, -0.25) is 0 Å². The molecule has 6 heteroatoms. The molecule has 1 fully saturated rings. The van der Waals surface area contributed by atoms with Gasteiger partial charge in [0, 0.05) is 7.05 Å². The third-order valence-electron chi connectivity index (χ3n) is 3.40. The average molecular weight is 233 g/mol. The van der Waals surface area contributed by atoms with Crippen molar-refractivity contribution in [3.05, 3.63) is 18.3 Å². The fraction of sp³-hybridized carbons (Fsp3) is 0.545. The maximum absolute atomic E-state index is 6.28. The highest BCUT2D eigenvalue weighted by Gasteiger charge is 2.36. The van der Waals surface area contributed by atoms with Crippen LogP contribution < -0.4 is 5.73 Å². The molecule has 2 aromatic rings. The van der Waals surface area contributed by atoms with Crippen LogP contribution in [-0.2, 0) is 12.6 Å². The van der Waals surface area contributed by atoms with Gasteiger partial charge in [-0.2, -0.15) is 4.98 Å². The van der Waals surface area contributed by atoms with Gasteiger partial charge in [-0.1, -0.05) is 18.0 Å². The molecule has 6 nitrogen and oxygen atoms in total. The lowest BCUT2D eigenvalue weighted by Crippen LogP contribution is -2.34. The number of rotatable bonds is 2. The zero-order valence-electron chi connectivity index (χ0n) is 9.76. The summed E-state index contributed by atoms with van der Waals surface area (Å²) in [6.45, 7) is 0. The normalized spacial score (nSPS) is 18.7. The lowest BCUT2D eigenvalue weighted by molar-refractivity contribution is 0.372. The second-order valence-electron chi connectivity index (χ2n) is 4.68. The molecule has 0 bridgehead atoms. The molecule has 2 heterocycles. The van der Waals surface area contributed by atoms with Gasteiger partial charge in [0.15, 0.2) is 5.82 Å². The van der Waals surface area contributed by atoms with Gasteiger partial charge in [0.1, 0.15) is 5.69 Å². The van der Waals surface area contributed by atoms with Crippen LogP contribution in [0.3, 0.4) is 0 Å². The van der Waals surface area contributed by atoms with Crippen molar-refractivity contribution in [2.45, 2.75) is 31.2 Å². The monoisotopic (exact) mass is 233 g/mol. The van der Waals surface area contributed by atoms with Gasteiger partial charge in [0.25, 0.3) is 5.89 Å². The Labute approximate surface area is 98.8 Å². The highest BCUT2D eigenvalue weighted by molar-refractivity contribution is 5.45. The van der Waals surface area contributed by atoms with Crippen LogP contribution in [0.1, 0.15) is 31.5 Å². The Balaban J connectivity index is 1.96. The molecular formula is C11H15N5O. The molecule has 0 saturated heterocycles. The number of hydrogen-bond donors (Lipinski definition) is 1. The fourth-order valence-electron chi connectivity index (χ4n) is 2.32. The molecule has 3 rings (SSSR count). The van der Waals surface area contributed by atoms with Crippen LogP contribution in [0, 0.1) is 0 Å². The summed E-state index contributed by atoms with van der Waals surface area (Å²) < 4.78 is 7.11. The Bertz CT molecular complexity index is 523. The first-order valence-electron chi connectivity index (χ1n) is 5.79. The van der Waals surface area contributed by atoms with Crippen molar-refractivity contribution in [3.63, 3.8) is 0 Å². The van der Waals surface area contributed by atoms with Crippen molar-refractivity contribution in [3.8, 4) is 11.6 Å². The molecular weight excluding hydrogens is 218 g/mol. The molecule has 1 aliphatic rings. The van der Waals surface area contributed by atoms with E-state index in [1.165, 1.54) is 0 Å². The molecule has 0 aromatic carbocycles. The summed E-state index contributed by atoms with van der Waals surface area (Å²) in [4.78, 5) is 8.43. The number of aryl methyl sites for hydroxylation is 1. The first kappa shape index (κ1) is 10.5. The topological polar surface area (TPSA) is 82.8 Å². The molecule has 0 spiro atoms. The van der Waals surface area contributed by atoms with Gasteiger partial charge in [-0.05, 0) is 12.8 Å². The predicted octanol–water partition coefficient (Wildman–Crippen LogP) is 1.20. The Morgan fingerprint density at radius 2 is 2.18 bits per heavy atom. The van der Waals surface area contributed by atoms with Crippen molar-refractivity contribution in [1.29, 1.82) is 0 Å². The molecule has 1 aliphatic carbocycles. The minimum Gasteiger partial charge on any atom is -0.332 e. The summed E-state index contributed by atoms with van der Waals surface area (Å²) in [7, 11) is 1.89. The van der Waals surface area contributed by atoms with E-state index in [4.69, 9.17) is 10.3 Å². The Kier molecular flexibility index (Phi) is 2.25. The van der Waals surface area contributed by atoms with Crippen molar-refractivity contribution in [2.24, 2.45) is 12.8 Å². The fourth-order valence-corrected chi connectivity index (χ4v) is 2.32. The van der Waals surface area contributed by atoms with Crippen LogP contribution in [0.15, 0.2) is 17.0 Å². The van der Waals surface area contributed by atoms with Crippen LogP contribution in [-0.4, -0.2) is 19.7 Å². The minimum atomic E-state index is -0.402. The lowest BCUT2D eigenvalue weighted by Gasteiger charge is -2.17. The summed E-state index contributed by atoms with van der Waals surface area (Å²) in [5, 5.41) is 4.01. The second-order valence-corrected chi connectivity index (χ2v) is 4.68. The van der Waals surface area contributed by atoms with Crippen LogP contribution in [0.25, 0.3) is 11.6 Å². The van der Waals surface area contributed by atoms with Gasteiger partial charge >= 0.3 is 0 Å². The van der Waals surface area contributed by atoms with Gasteiger partial charge in [0.05, 0.1) is 18.1 Å². The van der Waals surface area contributed by atoms with Crippen LogP contribution >= 0.6 is 0 Å². The number of nitrogens with two attached hydrogens (primary N) is 1. The summed E-state index contributed by atoms with van der Waals surface area (Å²) in [5.41, 5.74) is 6.69. The summed E-state index contributed by atoms with van der Waals surface area (Å²) in [5.74, 6) is 1.10. The van der Waals surface area contributed by atoms with E-state index >= 15 is 0 Å². The van der Waals surface area contributed by atoms with Gasteiger partial charge < -0.3 is 14.8 Å². The molecule has 90 valence electrons. The number of aromatic nitrogens is 4. The van der Waals surface area contributed by atoms with E-state index in [1.807, 2.05) is 11.6 Å². The molecule has 0 atom stereocenters. The Morgan fingerprint density at radius 1 is 1.41 bits per heavy atom. The number of hydrogen-bond acceptors (Lipinski definition) is 5. The zero-order valence-corrected chi connectivity index (χ0v) is 9.76. The highest BCUT2D eigenvalue weighted by Crippen LogP contribution is 2.35. The van der Waals surface area contributed by atoms with Crippen LogP contribution in [0.4, 0.5) is 0 Å². The molecule has 1 saturated carbocycles. The molecule has 0 aliphatic heterocycles. The van der Waals surface area contributed by atoms with Gasteiger partial charge in [-0.25, -0.2) is 4.98 Å². The first-order chi connectivity index (χ1) is 8.19. The summed E-state index contributed by atoms with van der Waals surface area (Å²) in [6, 6.07) is 0. The van der Waals surface area contributed by atoms with Crippen LogP contribution in [0.2, 0.25) is 0 Å². The van der Waals surface area contributed by atoms with E-state index in [-0.39, 0.29) is 0 Å². The maximum atomic E-state index is 6.28. The summed E-state index contributed by atoms with van der Waals surface area (Å²) >= 11 is 0. The van der Waals surface area contributed by atoms with E-state index in [0.717, 1.165) is 31.4 Å². The van der Waals surface area contributed by atoms with Crippen LogP contribution in [0.5, 0.6) is 0 Å². The van der Waals surface area contributed by atoms with E-state index in [1.54, 1.807) is 12.5 Å². The molecule has 0 unspecified atom stereocenters. The molecule has 2 aromatic heterocycles. The predicted molar refractivity (Wildman–Crippen MR) is 60.8 cm³/mol. The van der Waals surface area contributed by atoms with E-state index in [0.29, 0.717) is 11.7 Å². The summed E-state index contributed by atoms with van der Waals surface area (Å²) in [6.07, 6.45) is 7.52. The van der Waals surface area contributed by atoms with Crippen molar-refractivity contribution < 1.29 is 4.52 Å². The SMILES string of the molecule is Cn1cncc1-c1nc(C2(N)CCCC2)no1. The van der Waals surface area contributed by atoms with E-state index in [2.05, 4.69) is 15.1 Å². The smallest absolute Gasteiger partial charge is 0.276 e. The maximum Gasteiger partial charge on any atom is 0.276 e. The minimum absolute atomic E-state index is 0.402. The zero-order chi connectivity index (χ0) is 11.9. The quantitative estimate of drug-likeness (QED) is 0.842. The Hall–Kier alpha value is -1.69. The molecule has 17 heavy (non-hydrogen) atoms. The first-order valence-corrected chi connectivity index (χ1v) is 5.79. The Morgan fingerprint density at radius 3 is 2.82 bits per heavy atom. The number of nitrogens with zero attached hydrogens (tertiary/aromatic N) is 4. The van der Waals surface area contributed by atoms with Crippen molar-refractivity contribution in [2.75, 3.05) is 0 Å². The molecule has 0 amide bonds. The van der Waals surface area contributed by atoms with E-state index in [9.17, 15) is 0 Å². The highest BCUT2D eigenvalue weighted by atomic mass is 16.5. The van der Waals surface area contributed by atoms with Crippen molar-refractivity contribution in [1.82, 2.24) is 19.7 Å². The van der Waals surface area contributed by atoms with Crippen molar-refractivity contribution >= 4 is 0 Å². The standard InChI is InChI=1S/C11H15N5O/c1-16-7-13-6-8(16)9-14-10(15-17-9)11(12)4-2-3-5-11/h6-7H,2-5,12H2,1H3. The van der Waals surface area contributed by atoms with E-state index < -0.39 is 5.54 Å². The average Bonchev–Trinajstić information content (AvgIpc) is 2.97. The molecule has 0 radical (unpaired) electrons.